The van der Waals surface area contributed by atoms with E-state index in [-0.39, 0.29) is 12.4 Å². The highest BCUT2D eigenvalue weighted by atomic mass is 35.5. The molecule has 2 fully saturated rings. The van der Waals surface area contributed by atoms with Gasteiger partial charge in [-0.05, 0) is 25.3 Å². The van der Waals surface area contributed by atoms with Crippen LogP contribution in [-0.4, -0.2) is 25.8 Å². The predicted octanol–water partition coefficient (Wildman–Crippen LogP) is 0.807. The summed E-state index contributed by atoms with van der Waals surface area (Å²) < 4.78 is 5.49. The first-order chi connectivity index (χ1) is 4.47. The van der Waals surface area contributed by atoms with E-state index in [9.17, 15) is 0 Å². The highest BCUT2D eigenvalue weighted by molar-refractivity contribution is 5.85. The first-order valence-electron chi connectivity index (χ1n) is 3.79. The molecule has 60 valence electrons. The summed E-state index contributed by atoms with van der Waals surface area (Å²) in [6, 6.07) is 0. The maximum atomic E-state index is 5.49. The lowest BCUT2D eigenvalue weighted by atomic mass is 9.95. The highest BCUT2D eigenvalue weighted by Gasteiger charge is 2.29. The SMILES string of the molecule is C1C[C@H]2CCO[C@H]2CN1.Cl. The minimum atomic E-state index is 0. The van der Waals surface area contributed by atoms with Crippen LogP contribution < -0.4 is 5.32 Å². The van der Waals surface area contributed by atoms with Gasteiger partial charge in [0.15, 0.2) is 0 Å². The molecule has 2 aliphatic rings. The third kappa shape index (κ3) is 1.44. The van der Waals surface area contributed by atoms with Crippen LogP contribution in [0.3, 0.4) is 0 Å². The molecule has 2 aliphatic heterocycles. The number of ether oxygens (including phenoxy) is 1. The van der Waals surface area contributed by atoms with Crippen molar-refractivity contribution < 1.29 is 4.74 Å². The van der Waals surface area contributed by atoms with Crippen molar-refractivity contribution in [3.05, 3.63) is 0 Å². The monoisotopic (exact) mass is 163 g/mol. The summed E-state index contributed by atoms with van der Waals surface area (Å²) >= 11 is 0. The second-order valence-corrected chi connectivity index (χ2v) is 2.95. The minimum Gasteiger partial charge on any atom is -0.377 e. The molecule has 0 radical (unpaired) electrons. The maximum absolute atomic E-state index is 5.49. The van der Waals surface area contributed by atoms with Gasteiger partial charge < -0.3 is 10.1 Å². The van der Waals surface area contributed by atoms with E-state index in [1.165, 1.54) is 19.4 Å². The molecule has 0 aromatic rings. The quantitative estimate of drug-likeness (QED) is 0.571. The Bertz CT molecular complexity index is 97.8. The smallest absolute Gasteiger partial charge is 0.0728 e. The van der Waals surface area contributed by atoms with Gasteiger partial charge in [-0.3, -0.25) is 0 Å². The molecule has 1 N–H and O–H groups in total. The van der Waals surface area contributed by atoms with Crippen LogP contribution in [0.2, 0.25) is 0 Å². The summed E-state index contributed by atoms with van der Waals surface area (Å²) in [6.07, 6.45) is 3.18. The van der Waals surface area contributed by atoms with E-state index in [1.807, 2.05) is 0 Å². The molecule has 0 aromatic heterocycles. The van der Waals surface area contributed by atoms with E-state index < -0.39 is 0 Å². The summed E-state index contributed by atoms with van der Waals surface area (Å²) in [5, 5.41) is 3.33. The molecule has 0 bridgehead atoms. The van der Waals surface area contributed by atoms with E-state index in [1.54, 1.807) is 0 Å². The maximum Gasteiger partial charge on any atom is 0.0728 e. The van der Waals surface area contributed by atoms with E-state index in [4.69, 9.17) is 4.74 Å². The lowest BCUT2D eigenvalue weighted by Gasteiger charge is -2.24. The topological polar surface area (TPSA) is 21.3 Å². The molecule has 0 aliphatic carbocycles. The number of rotatable bonds is 0. The van der Waals surface area contributed by atoms with Crippen LogP contribution >= 0.6 is 12.4 Å². The van der Waals surface area contributed by atoms with Crippen LogP contribution in [0.15, 0.2) is 0 Å². The van der Waals surface area contributed by atoms with E-state index in [0.29, 0.717) is 6.10 Å². The van der Waals surface area contributed by atoms with Gasteiger partial charge in [-0.25, -0.2) is 0 Å². The fraction of sp³-hybridized carbons (Fsp3) is 1.00. The van der Waals surface area contributed by atoms with Crippen molar-refractivity contribution in [1.82, 2.24) is 5.32 Å². The molecule has 3 heteroatoms. The summed E-state index contributed by atoms with van der Waals surface area (Å²) in [5.41, 5.74) is 0. The van der Waals surface area contributed by atoms with Crippen LogP contribution in [0.5, 0.6) is 0 Å². The molecule has 2 nitrogen and oxygen atoms in total. The largest absolute Gasteiger partial charge is 0.377 e. The Morgan fingerprint density at radius 3 is 3.00 bits per heavy atom. The molecule has 2 rings (SSSR count). The Morgan fingerprint density at radius 2 is 2.20 bits per heavy atom. The summed E-state index contributed by atoms with van der Waals surface area (Å²) in [6.45, 7) is 3.28. The first kappa shape index (κ1) is 8.31. The van der Waals surface area contributed by atoms with Crippen molar-refractivity contribution >= 4 is 12.4 Å². The van der Waals surface area contributed by atoms with Gasteiger partial charge in [-0.1, -0.05) is 0 Å². The number of halogens is 1. The lowest BCUT2D eigenvalue weighted by molar-refractivity contribution is 0.0763. The zero-order valence-electron chi connectivity index (χ0n) is 6.01. The molecule has 2 atom stereocenters. The zero-order valence-corrected chi connectivity index (χ0v) is 6.82. The number of piperidine rings is 1. The van der Waals surface area contributed by atoms with Gasteiger partial charge >= 0.3 is 0 Å². The second-order valence-electron chi connectivity index (χ2n) is 2.95. The average Bonchev–Trinajstić information content (AvgIpc) is 2.33. The molecule has 2 heterocycles. The predicted molar refractivity (Wildman–Crippen MR) is 42.6 cm³/mol. The fourth-order valence-electron chi connectivity index (χ4n) is 1.78. The zero-order chi connectivity index (χ0) is 6.10. The van der Waals surface area contributed by atoms with Crippen LogP contribution in [0.25, 0.3) is 0 Å². The van der Waals surface area contributed by atoms with Crippen molar-refractivity contribution in [2.75, 3.05) is 19.7 Å². The van der Waals surface area contributed by atoms with Crippen LogP contribution in [0, 0.1) is 5.92 Å². The Balaban J connectivity index is 0.000000500. The van der Waals surface area contributed by atoms with Crippen molar-refractivity contribution in [2.24, 2.45) is 5.92 Å². The van der Waals surface area contributed by atoms with Gasteiger partial charge in [0.2, 0.25) is 0 Å². The summed E-state index contributed by atoms with van der Waals surface area (Å²) in [5.74, 6) is 0.881. The lowest BCUT2D eigenvalue weighted by Crippen LogP contribution is -2.38. The highest BCUT2D eigenvalue weighted by Crippen LogP contribution is 2.25. The van der Waals surface area contributed by atoms with Gasteiger partial charge in [0.1, 0.15) is 0 Å². The molecule has 10 heavy (non-hydrogen) atoms. The van der Waals surface area contributed by atoms with Crippen molar-refractivity contribution in [3.8, 4) is 0 Å². The fourth-order valence-corrected chi connectivity index (χ4v) is 1.78. The van der Waals surface area contributed by atoms with E-state index in [2.05, 4.69) is 5.32 Å². The Morgan fingerprint density at radius 1 is 1.30 bits per heavy atom. The normalized spacial score (nSPS) is 38.4. The van der Waals surface area contributed by atoms with Crippen molar-refractivity contribution in [1.29, 1.82) is 0 Å². The van der Waals surface area contributed by atoms with Crippen molar-refractivity contribution in [2.45, 2.75) is 18.9 Å². The van der Waals surface area contributed by atoms with Gasteiger partial charge in [0, 0.05) is 13.2 Å². The number of hydrogen-bond acceptors (Lipinski definition) is 2. The molecule has 0 saturated carbocycles. The summed E-state index contributed by atoms with van der Waals surface area (Å²) in [7, 11) is 0. The van der Waals surface area contributed by atoms with Gasteiger partial charge in [-0.2, -0.15) is 0 Å². The van der Waals surface area contributed by atoms with Gasteiger partial charge in [0.25, 0.3) is 0 Å². The Hall–Kier alpha value is 0.210. The standard InChI is InChI=1S/C7H13NO.ClH/c1-3-8-5-7-6(1)2-4-9-7;/h6-8H,1-5H2;1H/t6-,7-;/m0./s1. The summed E-state index contributed by atoms with van der Waals surface area (Å²) in [4.78, 5) is 0. The van der Waals surface area contributed by atoms with E-state index >= 15 is 0 Å². The third-order valence-electron chi connectivity index (χ3n) is 2.38. The second kappa shape index (κ2) is 3.56. The molecule has 0 amide bonds. The number of nitrogens with one attached hydrogen (secondary N) is 1. The van der Waals surface area contributed by atoms with Gasteiger partial charge in [-0.15, -0.1) is 12.4 Å². The average molecular weight is 164 g/mol. The molecular formula is C7H14ClNO. The Kier molecular flexibility index (Phi) is 2.96. The van der Waals surface area contributed by atoms with E-state index in [0.717, 1.165) is 19.1 Å². The number of hydrogen-bond donors (Lipinski definition) is 1. The number of fused-ring (bicyclic) bond motifs is 1. The first-order valence-corrected chi connectivity index (χ1v) is 3.79. The van der Waals surface area contributed by atoms with Crippen LogP contribution in [0.4, 0.5) is 0 Å². The molecular weight excluding hydrogens is 150 g/mol. The Labute approximate surface area is 67.7 Å². The van der Waals surface area contributed by atoms with Gasteiger partial charge in [0.05, 0.1) is 6.10 Å². The molecule has 0 spiro atoms. The van der Waals surface area contributed by atoms with Crippen LogP contribution in [-0.2, 0) is 4.74 Å². The molecule has 0 unspecified atom stereocenters. The third-order valence-corrected chi connectivity index (χ3v) is 2.38. The van der Waals surface area contributed by atoms with Crippen molar-refractivity contribution in [3.63, 3.8) is 0 Å². The van der Waals surface area contributed by atoms with Crippen LogP contribution in [0.1, 0.15) is 12.8 Å². The minimum absolute atomic E-state index is 0. The molecule has 0 aromatic carbocycles. The molecule has 2 saturated heterocycles.